The van der Waals surface area contributed by atoms with E-state index < -0.39 is 0 Å². The van der Waals surface area contributed by atoms with E-state index >= 15 is 0 Å². The Hall–Kier alpha value is -0.820. The maximum Gasteiger partial charge on any atom is 0.0202 e. The van der Waals surface area contributed by atoms with Crippen molar-refractivity contribution in [2.75, 3.05) is 13.1 Å². The first-order valence-corrected chi connectivity index (χ1v) is 7.05. The molecule has 94 valence electrons. The second-order valence-corrected chi connectivity index (χ2v) is 5.56. The van der Waals surface area contributed by atoms with E-state index in [4.69, 9.17) is 0 Å². The van der Waals surface area contributed by atoms with E-state index in [9.17, 15) is 0 Å². The Bertz CT molecular complexity index is 352. The normalized spacial score (nSPS) is 17.8. The highest BCUT2D eigenvalue weighted by molar-refractivity contribution is 5.32. The van der Waals surface area contributed by atoms with Crippen LogP contribution in [0.1, 0.15) is 50.2 Å². The zero-order valence-corrected chi connectivity index (χ0v) is 11.3. The van der Waals surface area contributed by atoms with Gasteiger partial charge in [-0.05, 0) is 18.9 Å². The number of aryl methyl sites for hydroxylation is 1. The third kappa shape index (κ3) is 2.90. The van der Waals surface area contributed by atoms with Crippen molar-refractivity contribution in [3.63, 3.8) is 0 Å². The standard InChI is InChI=1S/C16H25N/c1-3-4-5-6-10-16(12-17-13-16)15-9-7-8-14(2)11-15/h7-9,11,17H,3-6,10,12-13H2,1-2H3. The summed E-state index contributed by atoms with van der Waals surface area (Å²) in [5, 5.41) is 3.46. The third-order valence-electron chi connectivity index (χ3n) is 4.07. The highest BCUT2D eigenvalue weighted by Crippen LogP contribution is 2.34. The minimum atomic E-state index is 0.444. The molecule has 1 heteroatoms. The Kier molecular flexibility index (Phi) is 4.22. The fraction of sp³-hybridized carbons (Fsp3) is 0.625. The molecule has 1 aliphatic heterocycles. The second-order valence-electron chi connectivity index (χ2n) is 5.56. The van der Waals surface area contributed by atoms with Crippen LogP contribution in [0.15, 0.2) is 24.3 Å². The maximum absolute atomic E-state index is 3.46. The molecule has 0 atom stereocenters. The Labute approximate surface area is 106 Å². The molecule has 0 spiro atoms. The summed E-state index contributed by atoms with van der Waals surface area (Å²) in [6.07, 6.45) is 6.84. The van der Waals surface area contributed by atoms with Gasteiger partial charge in [0.1, 0.15) is 0 Å². The molecule has 0 bridgehead atoms. The van der Waals surface area contributed by atoms with E-state index in [0.29, 0.717) is 5.41 Å². The second kappa shape index (κ2) is 5.68. The Morgan fingerprint density at radius 3 is 2.59 bits per heavy atom. The topological polar surface area (TPSA) is 12.0 Å². The first kappa shape index (κ1) is 12.6. The summed E-state index contributed by atoms with van der Waals surface area (Å²) < 4.78 is 0. The van der Waals surface area contributed by atoms with Gasteiger partial charge in [-0.25, -0.2) is 0 Å². The maximum atomic E-state index is 3.46. The lowest BCUT2D eigenvalue weighted by Gasteiger charge is -2.43. The average Bonchev–Trinajstić information content (AvgIpc) is 2.27. The Morgan fingerprint density at radius 2 is 2.00 bits per heavy atom. The van der Waals surface area contributed by atoms with Crippen molar-refractivity contribution in [2.24, 2.45) is 0 Å². The van der Waals surface area contributed by atoms with Gasteiger partial charge in [0.15, 0.2) is 0 Å². The molecule has 1 fully saturated rings. The summed E-state index contributed by atoms with van der Waals surface area (Å²) in [5.74, 6) is 0. The van der Waals surface area contributed by atoms with Gasteiger partial charge in [0.25, 0.3) is 0 Å². The number of hydrogen-bond acceptors (Lipinski definition) is 1. The lowest BCUT2D eigenvalue weighted by molar-refractivity contribution is 0.249. The van der Waals surface area contributed by atoms with Gasteiger partial charge in [-0.15, -0.1) is 0 Å². The predicted molar refractivity (Wildman–Crippen MR) is 74.5 cm³/mol. The van der Waals surface area contributed by atoms with Crippen molar-refractivity contribution in [3.05, 3.63) is 35.4 Å². The van der Waals surface area contributed by atoms with Crippen LogP contribution in [0.2, 0.25) is 0 Å². The van der Waals surface area contributed by atoms with Crippen LogP contribution in [0.5, 0.6) is 0 Å². The van der Waals surface area contributed by atoms with Gasteiger partial charge in [0.05, 0.1) is 0 Å². The van der Waals surface area contributed by atoms with Crippen LogP contribution < -0.4 is 5.32 Å². The van der Waals surface area contributed by atoms with E-state index in [-0.39, 0.29) is 0 Å². The summed E-state index contributed by atoms with van der Waals surface area (Å²) in [4.78, 5) is 0. The number of rotatable bonds is 6. The quantitative estimate of drug-likeness (QED) is 0.734. The van der Waals surface area contributed by atoms with Crippen LogP contribution in [0.25, 0.3) is 0 Å². The van der Waals surface area contributed by atoms with E-state index in [0.717, 1.165) is 0 Å². The molecular formula is C16H25N. The molecular weight excluding hydrogens is 206 g/mol. The van der Waals surface area contributed by atoms with Gasteiger partial charge in [0.2, 0.25) is 0 Å². The minimum Gasteiger partial charge on any atom is -0.315 e. The highest BCUT2D eigenvalue weighted by atomic mass is 15.0. The molecule has 17 heavy (non-hydrogen) atoms. The van der Waals surface area contributed by atoms with Gasteiger partial charge in [-0.2, -0.15) is 0 Å². The lowest BCUT2D eigenvalue weighted by atomic mass is 9.71. The van der Waals surface area contributed by atoms with Crippen molar-refractivity contribution in [3.8, 4) is 0 Å². The average molecular weight is 231 g/mol. The van der Waals surface area contributed by atoms with E-state index in [1.54, 1.807) is 5.56 Å². The largest absolute Gasteiger partial charge is 0.315 e. The van der Waals surface area contributed by atoms with Crippen LogP contribution in [0.4, 0.5) is 0 Å². The van der Waals surface area contributed by atoms with Gasteiger partial charge in [0, 0.05) is 18.5 Å². The van der Waals surface area contributed by atoms with Gasteiger partial charge in [-0.1, -0.05) is 62.4 Å². The molecule has 0 unspecified atom stereocenters. The van der Waals surface area contributed by atoms with Gasteiger partial charge < -0.3 is 5.32 Å². The summed E-state index contributed by atoms with van der Waals surface area (Å²) in [5.41, 5.74) is 3.38. The van der Waals surface area contributed by atoms with Crippen molar-refractivity contribution in [2.45, 2.75) is 51.4 Å². The van der Waals surface area contributed by atoms with Crippen LogP contribution >= 0.6 is 0 Å². The SMILES string of the molecule is CCCCCCC1(c2cccc(C)c2)CNC1. The molecule has 1 aliphatic rings. The van der Waals surface area contributed by atoms with Crippen molar-refractivity contribution >= 4 is 0 Å². The monoisotopic (exact) mass is 231 g/mol. The molecule has 0 amide bonds. The number of benzene rings is 1. The van der Waals surface area contributed by atoms with E-state index in [1.165, 1.54) is 50.8 Å². The van der Waals surface area contributed by atoms with Gasteiger partial charge in [-0.3, -0.25) is 0 Å². The molecule has 1 N–H and O–H groups in total. The fourth-order valence-electron chi connectivity index (χ4n) is 2.82. The van der Waals surface area contributed by atoms with E-state index in [2.05, 4.69) is 43.4 Å². The first-order valence-electron chi connectivity index (χ1n) is 7.05. The summed E-state index contributed by atoms with van der Waals surface area (Å²) in [6, 6.07) is 9.09. The van der Waals surface area contributed by atoms with Crippen LogP contribution in [0.3, 0.4) is 0 Å². The molecule has 0 radical (unpaired) electrons. The smallest absolute Gasteiger partial charge is 0.0202 e. The highest BCUT2D eigenvalue weighted by Gasteiger charge is 2.37. The van der Waals surface area contributed by atoms with Crippen molar-refractivity contribution in [1.29, 1.82) is 0 Å². The minimum absolute atomic E-state index is 0.444. The molecule has 0 aliphatic carbocycles. The van der Waals surface area contributed by atoms with Crippen LogP contribution in [0, 0.1) is 6.92 Å². The summed E-state index contributed by atoms with van der Waals surface area (Å²) >= 11 is 0. The lowest BCUT2D eigenvalue weighted by Crippen LogP contribution is -2.56. The van der Waals surface area contributed by atoms with Crippen LogP contribution in [-0.4, -0.2) is 13.1 Å². The zero-order valence-electron chi connectivity index (χ0n) is 11.3. The molecule has 1 aromatic carbocycles. The molecule has 1 aromatic rings. The van der Waals surface area contributed by atoms with Crippen LogP contribution in [-0.2, 0) is 5.41 Å². The molecule has 0 saturated carbocycles. The van der Waals surface area contributed by atoms with E-state index in [1.807, 2.05) is 0 Å². The molecule has 2 rings (SSSR count). The Balaban J connectivity index is 1.99. The van der Waals surface area contributed by atoms with Crippen molar-refractivity contribution < 1.29 is 0 Å². The number of unbranched alkanes of at least 4 members (excludes halogenated alkanes) is 3. The summed E-state index contributed by atoms with van der Waals surface area (Å²) in [7, 11) is 0. The van der Waals surface area contributed by atoms with Crippen molar-refractivity contribution in [1.82, 2.24) is 5.32 Å². The molecule has 0 aromatic heterocycles. The molecule has 1 heterocycles. The first-order chi connectivity index (χ1) is 8.27. The third-order valence-corrected chi connectivity index (χ3v) is 4.07. The summed E-state index contributed by atoms with van der Waals surface area (Å²) in [6.45, 7) is 6.81. The van der Waals surface area contributed by atoms with Gasteiger partial charge >= 0.3 is 0 Å². The predicted octanol–water partition coefficient (Wildman–Crippen LogP) is 3.81. The molecule has 1 saturated heterocycles. The number of hydrogen-bond donors (Lipinski definition) is 1. The Morgan fingerprint density at radius 1 is 1.18 bits per heavy atom. The number of nitrogens with one attached hydrogen (secondary N) is 1. The fourth-order valence-corrected chi connectivity index (χ4v) is 2.82. The zero-order chi connectivity index (χ0) is 12.1. The molecule has 1 nitrogen and oxygen atoms in total.